The largest absolute Gasteiger partial charge is 0.332 e. The van der Waals surface area contributed by atoms with Gasteiger partial charge in [0.15, 0.2) is 5.70 Å². The summed E-state index contributed by atoms with van der Waals surface area (Å²) in [5, 5.41) is 3.30. The van der Waals surface area contributed by atoms with Crippen molar-refractivity contribution in [3.8, 4) is 0 Å². The summed E-state index contributed by atoms with van der Waals surface area (Å²) >= 11 is 0. The fraction of sp³-hybridized carbons (Fsp3) is 0. The molecule has 0 fully saturated rings. The van der Waals surface area contributed by atoms with Crippen LogP contribution in [0.5, 0.6) is 0 Å². The maximum absolute atomic E-state index is 14.2. The van der Waals surface area contributed by atoms with Gasteiger partial charge in [-0.05, 0) is 17.1 Å². The highest BCUT2D eigenvalue weighted by Gasteiger charge is 2.32. The third kappa shape index (κ3) is 2.61. The van der Waals surface area contributed by atoms with E-state index >= 15 is 0 Å². The first-order valence-corrected chi connectivity index (χ1v) is 7.78. The Labute approximate surface area is 140 Å². The Hall–Kier alpha value is -3.20. The molecule has 3 heteroatoms. The van der Waals surface area contributed by atoms with Crippen molar-refractivity contribution in [1.82, 2.24) is 10.3 Å². The van der Waals surface area contributed by atoms with E-state index in [0.717, 1.165) is 22.5 Å². The lowest BCUT2D eigenvalue weighted by Crippen LogP contribution is -2.22. The number of rotatable bonds is 3. The third-order valence-electron chi connectivity index (χ3n) is 3.94. The molecule has 0 saturated heterocycles. The van der Waals surface area contributed by atoms with Crippen LogP contribution in [0.4, 0.5) is 4.39 Å². The Bertz CT molecular complexity index is 928. The van der Waals surface area contributed by atoms with E-state index in [2.05, 4.69) is 5.32 Å². The summed E-state index contributed by atoms with van der Waals surface area (Å²) in [6.45, 7) is 0. The van der Waals surface area contributed by atoms with Gasteiger partial charge in [0.2, 0.25) is 5.70 Å². The lowest BCUT2D eigenvalue weighted by atomic mass is 10.1. The predicted molar refractivity (Wildman–Crippen MR) is 95.5 cm³/mol. The highest BCUT2D eigenvalue weighted by Crippen LogP contribution is 2.26. The standard InChI is InChI=1S/C21H15FN2/c22-18-14-8-7-13-17(18)21-23-19(15-9-3-1-4-10-15)20(24-21)16-11-5-2-6-12-16/h1-14,23H/q+1. The SMILES string of the molecule is Fc1ccccc1C1=[N+]C(c2ccccc2)=C(c2ccccc2)N1. The summed E-state index contributed by atoms with van der Waals surface area (Å²) in [6, 6.07) is 26.6. The third-order valence-corrected chi connectivity index (χ3v) is 3.94. The van der Waals surface area contributed by atoms with E-state index in [0.29, 0.717) is 11.4 Å². The van der Waals surface area contributed by atoms with Crippen LogP contribution >= 0.6 is 0 Å². The van der Waals surface area contributed by atoms with Crippen LogP contribution in [-0.4, -0.2) is 5.84 Å². The Balaban J connectivity index is 1.84. The van der Waals surface area contributed by atoms with E-state index in [-0.39, 0.29) is 5.82 Å². The molecule has 1 aliphatic heterocycles. The molecule has 1 heterocycles. The molecule has 0 aromatic heterocycles. The zero-order chi connectivity index (χ0) is 16.4. The molecule has 0 aliphatic carbocycles. The molecule has 2 nitrogen and oxygen atoms in total. The smallest absolute Gasteiger partial charge is 0.232 e. The van der Waals surface area contributed by atoms with Gasteiger partial charge in [0.1, 0.15) is 11.4 Å². The van der Waals surface area contributed by atoms with Gasteiger partial charge < -0.3 is 0 Å². The van der Waals surface area contributed by atoms with Crippen molar-refractivity contribution in [3.05, 3.63) is 107 Å². The van der Waals surface area contributed by atoms with Gasteiger partial charge in [0.25, 0.3) is 0 Å². The van der Waals surface area contributed by atoms with Crippen molar-refractivity contribution in [2.24, 2.45) is 0 Å². The number of aliphatic imine (C=N–C) groups is 1. The molecule has 1 aliphatic rings. The topological polar surface area (TPSA) is 26.1 Å². The van der Waals surface area contributed by atoms with E-state index in [4.69, 9.17) is 4.99 Å². The molecule has 0 saturated carbocycles. The average Bonchev–Trinajstić information content (AvgIpc) is 3.09. The van der Waals surface area contributed by atoms with Gasteiger partial charge in [-0.1, -0.05) is 72.8 Å². The summed E-state index contributed by atoms with van der Waals surface area (Å²) < 4.78 is 14.2. The van der Waals surface area contributed by atoms with Crippen molar-refractivity contribution in [3.63, 3.8) is 0 Å². The molecule has 0 spiro atoms. The van der Waals surface area contributed by atoms with Gasteiger partial charge in [-0.3, -0.25) is 0 Å². The first-order valence-electron chi connectivity index (χ1n) is 7.78. The summed E-state index contributed by atoms with van der Waals surface area (Å²) in [7, 11) is 0. The van der Waals surface area contributed by atoms with Crippen LogP contribution in [-0.2, 0) is 0 Å². The number of hydrogen-bond donors (Lipinski definition) is 1. The molecular formula is C21H15FN2+. The molecule has 1 N–H and O–H groups in total. The number of halogens is 1. The second kappa shape index (κ2) is 6.13. The minimum absolute atomic E-state index is 0.287. The molecule has 0 atom stereocenters. The zero-order valence-electron chi connectivity index (χ0n) is 12.9. The van der Waals surface area contributed by atoms with Crippen LogP contribution in [0.2, 0.25) is 0 Å². The van der Waals surface area contributed by atoms with Gasteiger partial charge in [0.05, 0.1) is 0 Å². The molecule has 0 unspecified atom stereocenters. The van der Waals surface area contributed by atoms with Gasteiger partial charge in [-0.15, -0.1) is 0 Å². The van der Waals surface area contributed by atoms with Crippen molar-refractivity contribution in [2.45, 2.75) is 0 Å². The van der Waals surface area contributed by atoms with Crippen LogP contribution in [0.15, 0.2) is 84.9 Å². The number of amidine groups is 1. The maximum Gasteiger partial charge on any atom is 0.332 e. The second-order valence-electron chi connectivity index (χ2n) is 5.52. The number of nitrogens with one attached hydrogen (secondary N) is 1. The van der Waals surface area contributed by atoms with Gasteiger partial charge in [-0.25, -0.2) is 9.71 Å². The number of nitrogens with zero attached hydrogens (tertiary/aromatic N) is 1. The zero-order valence-corrected chi connectivity index (χ0v) is 12.9. The highest BCUT2D eigenvalue weighted by molar-refractivity contribution is 6.13. The van der Waals surface area contributed by atoms with Crippen LogP contribution in [0, 0.1) is 5.82 Å². The van der Waals surface area contributed by atoms with Crippen molar-refractivity contribution >= 4 is 17.2 Å². The molecule has 0 bridgehead atoms. The van der Waals surface area contributed by atoms with Crippen LogP contribution in [0.25, 0.3) is 11.4 Å². The van der Waals surface area contributed by atoms with Crippen molar-refractivity contribution < 1.29 is 4.39 Å². The fourth-order valence-electron chi connectivity index (χ4n) is 2.77. The van der Waals surface area contributed by atoms with Gasteiger partial charge in [0, 0.05) is 11.1 Å². The van der Waals surface area contributed by atoms with E-state index in [1.165, 1.54) is 6.07 Å². The first-order chi connectivity index (χ1) is 11.8. The molecule has 0 amide bonds. The molecule has 4 rings (SSSR count). The average molecular weight is 314 g/mol. The Morgan fingerprint density at radius 2 is 1.25 bits per heavy atom. The van der Waals surface area contributed by atoms with Gasteiger partial charge in [-0.2, -0.15) is 0 Å². The highest BCUT2D eigenvalue weighted by atomic mass is 19.1. The first kappa shape index (κ1) is 14.4. The minimum atomic E-state index is -0.287. The minimum Gasteiger partial charge on any atom is -0.232 e. The molecular weight excluding hydrogens is 299 g/mol. The molecule has 3 aromatic carbocycles. The van der Waals surface area contributed by atoms with E-state index < -0.39 is 0 Å². The van der Waals surface area contributed by atoms with Crippen molar-refractivity contribution in [2.75, 3.05) is 0 Å². The van der Waals surface area contributed by atoms with Crippen LogP contribution in [0.3, 0.4) is 0 Å². The lowest BCUT2D eigenvalue weighted by molar-refractivity contribution is 0.624. The predicted octanol–water partition coefficient (Wildman–Crippen LogP) is 4.04. The van der Waals surface area contributed by atoms with E-state index in [1.54, 1.807) is 12.1 Å². The molecule has 3 aromatic rings. The molecule has 24 heavy (non-hydrogen) atoms. The lowest BCUT2D eigenvalue weighted by Gasteiger charge is -2.02. The second-order valence-corrected chi connectivity index (χ2v) is 5.52. The van der Waals surface area contributed by atoms with Crippen molar-refractivity contribution in [1.29, 1.82) is 0 Å². The fourth-order valence-corrected chi connectivity index (χ4v) is 2.77. The Morgan fingerprint density at radius 3 is 1.92 bits per heavy atom. The van der Waals surface area contributed by atoms with Crippen LogP contribution < -0.4 is 10.3 Å². The monoisotopic (exact) mass is 314 g/mol. The van der Waals surface area contributed by atoms with Gasteiger partial charge >= 0.3 is 5.84 Å². The number of hydrogen-bond acceptors (Lipinski definition) is 2. The summed E-state index contributed by atoms with van der Waals surface area (Å²) in [5.74, 6) is 0.247. The molecule has 115 valence electrons. The summed E-state index contributed by atoms with van der Waals surface area (Å²) in [5.41, 5.74) is 4.19. The van der Waals surface area contributed by atoms with E-state index in [9.17, 15) is 4.39 Å². The summed E-state index contributed by atoms with van der Waals surface area (Å²) in [4.78, 5) is 4.69. The van der Waals surface area contributed by atoms with E-state index in [1.807, 2.05) is 66.7 Å². The van der Waals surface area contributed by atoms with Crippen LogP contribution in [0.1, 0.15) is 16.7 Å². The normalized spacial score (nSPS) is 13.6. The summed E-state index contributed by atoms with van der Waals surface area (Å²) in [6.07, 6.45) is 0. The number of benzene rings is 3. The Kier molecular flexibility index (Phi) is 3.67. The maximum atomic E-state index is 14.2. The quantitative estimate of drug-likeness (QED) is 0.776. The molecule has 1 radical (unpaired) electrons. The Morgan fingerprint density at radius 1 is 0.667 bits per heavy atom.